The smallest absolute Gasteiger partial charge is 0.480 e. The molecule has 11 nitrogen and oxygen atoms in total. The minimum Gasteiger partial charge on any atom is -0.480 e. The number of anilines is 1. The SMILES string of the molecule is COC(=O)CCC1CN(CC(=O)O)CCC1N1CCN(c2ccc(C(=N)N)cc2)CC1.O=C(O)C(F)(F)F. The predicted octanol–water partition coefficient (Wildman–Crippen LogP) is 1.45. The highest BCUT2D eigenvalue weighted by molar-refractivity contribution is 5.95. The van der Waals surface area contributed by atoms with Gasteiger partial charge in [-0.15, -0.1) is 0 Å². The Labute approximate surface area is 218 Å². The molecule has 2 aliphatic rings. The molecule has 14 heteroatoms. The number of aliphatic carboxylic acids is 2. The molecule has 212 valence electrons. The van der Waals surface area contributed by atoms with Gasteiger partial charge in [0.15, 0.2) is 0 Å². The molecular weight excluding hydrogens is 511 g/mol. The number of rotatable bonds is 8. The number of hydrogen-bond acceptors (Lipinski definition) is 8. The van der Waals surface area contributed by atoms with Gasteiger partial charge in [-0.3, -0.25) is 24.8 Å². The van der Waals surface area contributed by atoms with Crippen LogP contribution in [-0.4, -0.2) is 109 Å². The zero-order valence-corrected chi connectivity index (χ0v) is 21.1. The minimum absolute atomic E-state index is 0.0471. The standard InChI is InChI=1S/C22H33N5O4.C2HF3O2/c1-31-21(30)7-4-17-14-25(15-20(28)29)9-8-19(17)27-12-10-26(11-13-27)18-5-2-16(3-6-18)22(23)24;3-2(4,5)1(6)7/h2-3,5-6,17,19H,4,7-15H2,1H3,(H3,23,24)(H,28,29);(H,6,7). The molecule has 2 aliphatic heterocycles. The third-order valence-electron chi connectivity index (χ3n) is 6.65. The summed E-state index contributed by atoms with van der Waals surface area (Å²) < 4.78 is 36.5. The molecule has 2 unspecified atom stereocenters. The average Bonchev–Trinajstić information content (AvgIpc) is 2.87. The number of ether oxygens (including phenoxy) is 1. The fourth-order valence-corrected chi connectivity index (χ4v) is 4.76. The highest BCUT2D eigenvalue weighted by atomic mass is 19.4. The molecule has 2 fully saturated rings. The van der Waals surface area contributed by atoms with E-state index in [1.54, 1.807) is 0 Å². The van der Waals surface area contributed by atoms with Crippen LogP contribution in [0.15, 0.2) is 24.3 Å². The quantitative estimate of drug-likeness (QED) is 0.214. The van der Waals surface area contributed by atoms with Gasteiger partial charge in [0.2, 0.25) is 0 Å². The maximum absolute atomic E-state index is 11.7. The van der Waals surface area contributed by atoms with Crippen molar-refractivity contribution in [3.63, 3.8) is 0 Å². The number of methoxy groups -OCH3 is 1. The third-order valence-corrected chi connectivity index (χ3v) is 6.65. The van der Waals surface area contributed by atoms with Crippen molar-refractivity contribution in [3.8, 4) is 0 Å². The van der Waals surface area contributed by atoms with Crippen LogP contribution < -0.4 is 10.6 Å². The van der Waals surface area contributed by atoms with Crippen LogP contribution in [0.1, 0.15) is 24.8 Å². The first-order chi connectivity index (χ1) is 17.8. The number of alkyl halides is 3. The van der Waals surface area contributed by atoms with Crippen molar-refractivity contribution >= 4 is 29.4 Å². The Hall–Kier alpha value is -3.39. The van der Waals surface area contributed by atoms with E-state index in [0.717, 1.165) is 50.4 Å². The number of amidine groups is 1. The Bertz CT molecular complexity index is 967. The van der Waals surface area contributed by atoms with Gasteiger partial charge in [-0.25, -0.2) is 4.79 Å². The Balaban J connectivity index is 0.000000638. The van der Waals surface area contributed by atoms with Crippen LogP contribution in [0.5, 0.6) is 0 Å². The number of carbonyl (C=O) groups excluding carboxylic acids is 1. The molecule has 0 aromatic heterocycles. The molecule has 5 N–H and O–H groups in total. The zero-order chi connectivity index (χ0) is 28.5. The number of piperidine rings is 1. The largest absolute Gasteiger partial charge is 0.490 e. The van der Waals surface area contributed by atoms with Crippen molar-refractivity contribution in [2.45, 2.75) is 31.5 Å². The molecule has 1 aromatic carbocycles. The summed E-state index contributed by atoms with van der Waals surface area (Å²) in [7, 11) is 1.40. The summed E-state index contributed by atoms with van der Waals surface area (Å²) in [6.07, 6.45) is -3.10. The summed E-state index contributed by atoms with van der Waals surface area (Å²) >= 11 is 0. The van der Waals surface area contributed by atoms with Gasteiger partial charge in [0, 0.05) is 63.0 Å². The highest BCUT2D eigenvalue weighted by Gasteiger charge is 2.38. The summed E-state index contributed by atoms with van der Waals surface area (Å²) in [6.45, 7) is 5.15. The Morgan fingerprint density at radius 3 is 2.13 bits per heavy atom. The monoisotopic (exact) mass is 545 g/mol. The number of carboxylic acids is 2. The molecule has 0 bridgehead atoms. The number of likely N-dealkylation sites (tertiary alicyclic amines) is 1. The van der Waals surface area contributed by atoms with E-state index in [1.807, 2.05) is 29.2 Å². The van der Waals surface area contributed by atoms with Crippen LogP contribution in [0.4, 0.5) is 18.9 Å². The van der Waals surface area contributed by atoms with E-state index in [1.165, 1.54) is 7.11 Å². The molecule has 2 saturated heterocycles. The van der Waals surface area contributed by atoms with E-state index in [4.69, 9.17) is 30.9 Å². The summed E-state index contributed by atoms with van der Waals surface area (Å²) in [4.78, 5) is 38.6. The van der Waals surface area contributed by atoms with Crippen molar-refractivity contribution in [1.82, 2.24) is 9.80 Å². The van der Waals surface area contributed by atoms with Crippen LogP contribution >= 0.6 is 0 Å². The number of halogens is 3. The second-order valence-corrected chi connectivity index (χ2v) is 9.15. The molecule has 0 spiro atoms. The number of carbonyl (C=O) groups is 3. The number of nitrogens with zero attached hydrogens (tertiary/aromatic N) is 3. The van der Waals surface area contributed by atoms with Gasteiger partial charge in [-0.05, 0) is 43.0 Å². The lowest BCUT2D eigenvalue weighted by atomic mass is 9.86. The first-order valence-electron chi connectivity index (χ1n) is 12.1. The number of nitrogens with one attached hydrogen (secondary N) is 1. The lowest BCUT2D eigenvalue weighted by Gasteiger charge is -2.47. The molecule has 2 atom stereocenters. The minimum atomic E-state index is -5.08. The molecule has 0 radical (unpaired) electrons. The summed E-state index contributed by atoms with van der Waals surface area (Å²) in [5, 5.41) is 23.8. The molecule has 3 rings (SSSR count). The molecule has 1 aromatic rings. The lowest BCUT2D eigenvalue weighted by Crippen LogP contribution is -2.57. The van der Waals surface area contributed by atoms with E-state index < -0.39 is 18.1 Å². The second kappa shape index (κ2) is 14.0. The van der Waals surface area contributed by atoms with Gasteiger partial charge >= 0.3 is 24.1 Å². The van der Waals surface area contributed by atoms with E-state index >= 15 is 0 Å². The summed E-state index contributed by atoms with van der Waals surface area (Å²) in [5.41, 5.74) is 7.40. The molecular formula is C24H34F3N5O6. The third kappa shape index (κ3) is 9.49. The number of nitrogens with two attached hydrogens (primary N) is 1. The van der Waals surface area contributed by atoms with Gasteiger partial charge in [-0.2, -0.15) is 13.2 Å². The van der Waals surface area contributed by atoms with Crippen LogP contribution in [0, 0.1) is 11.3 Å². The number of carboxylic acid groups (broad SMARTS) is 2. The Morgan fingerprint density at radius 2 is 1.66 bits per heavy atom. The molecule has 38 heavy (non-hydrogen) atoms. The summed E-state index contributed by atoms with van der Waals surface area (Å²) in [6, 6.07) is 8.12. The van der Waals surface area contributed by atoms with Gasteiger partial charge in [0.25, 0.3) is 0 Å². The van der Waals surface area contributed by atoms with E-state index in [0.29, 0.717) is 25.4 Å². The van der Waals surface area contributed by atoms with Crippen LogP contribution in [0.3, 0.4) is 0 Å². The van der Waals surface area contributed by atoms with Gasteiger partial charge in [-0.1, -0.05) is 0 Å². The van der Waals surface area contributed by atoms with Crippen molar-refractivity contribution < 1.29 is 42.5 Å². The molecule has 0 aliphatic carbocycles. The van der Waals surface area contributed by atoms with Gasteiger partial charge < -0.3 is 25.6 Å². The first-order valence-corrected chi connectivity index (χ1v) is 12.1. The van der Waals surface area contributed by atoms with E-state index in [9.17, 15) is 22.8 Å². The van der Waals surface area contributed by atoms with E-state index in [-0.39, 0.29) is 24.3 Å². The van der Waals surface area contributed by atoms with Crippen molar-refractivity contribution in [3.05, 3.63) is 29.8 Å². The average molecular weight is 546 g/mol. The van der Waals surface area contributed by atoms with Crippen LogP contribution in [0.2, 0.25) is 0 Å². The number of esters is 1. The fraction of sp³-hybridized carbons (Fsp3) is 0.583. The highest BCUT2D eigenvalue weighted by Crippen LogP contribution is 2.28. The molecule has 2 heterocycles. The maximum atomic E-state index is 11.7. The van der Waals surface area contributed by atoms with Crippen molar-refractivity contribution in [2.75, 3.05) is 57.8 Å². The molecule has 0 amide bonds. The van der Waals surface area contributed by atoms with Crippen LogP contribution in [-0.2, 0) is 19.1 Å². The van der Waals surface area contributed by atoms with Gasteiger partial charge in [0.05, 0.1) is 13.7 Å². The Kier molecular flexibility index (Phi) is 11.3. The van der Waals surface area contributed by atoms with Crippen molar-refractivity contribution in [2.24, 2.45) is 11.7 Å². The summed E-state index contributed by atoms with van der Waals surface area (Å²) in [5.74, 6) is -3.47. The fourth-order valence-electron chi connectivity index (χ4n) is 4.76. The number of hydrogen-bond donors (Lipinski definition) is 4. The van der Waals surface area contributed by atoms with Crippen LogP contribution in [0.25, 0.3) is 0 Å². The second-order valence-electron chi connectivity index (χ2n) is 9.15. The number of nitrogen functional groups attached to an aromatic ring is 1. The number of piperazine rings is 1. The van der Waals surface area contributed by atoms with Gasteiger partial charge in [0.1, 0.15) is 5.84 Å². The topological polar surface area (TPSA) is 160 Å². The maximum Gasteiger partial charge on any atom is 0.490 e. The van der Waals surface area contributed by atoms with E-state index in [2.05, 4.69) is 9.80 Å². The molecule has 0 saturated carbocycles. The normalized spacial score (nSPS) is 20.7. The zero-order valence-electron chi connectivity index (χ0n) is 21.1. The first kappa shape index (κ1) is 30.8. The predicted molar refractivity (Wildman–Crippen MR) is 132 cm³/mol. The number of benzene rings is 1. The lowest BCUT2D eigenvalue weighted by molar-refractivity contribution is -0.192. The van der Waals surface area contributed by atoms with Crippen molar-refractivity contribution in [1.29, 1.82) is 5.41 Å². The Morgan fingerprint density at radius 1 is 1.08 bits per heavy atom.